The number of carboxylic acids is 1. The summed E-state index contributed by atoms with van der Waals surface area (Å²) in [5.41, 5.74) is 0. The van der Waals surface area contributed by atoms with Gasteiger partial charge in [-0.1, -0.05) is 6.92 Å². The zero-order valence-corrected chi connectivity index (χ0v) is 11.9. The van der Waals surface area contributed by atoms with E-state index < -0.39 is 11.9 Å². The molecule has 1 saturated heterocycles. The molecule has 19 heavy (non-hydrogen) atoms. The van der Waals surface area contributed by atoms with E-state index in [-0.39, 0.29) is 12.5 Å². The summed E-state index contributed by atoms with van der Waals surface area (Å²) in [6, 6.07) is 0. The highest BCUT2D eigenvalue weighted by Gasteiger charge is 2.21. The van der Waals surface area contributed by atoms with Gasteiger partial charge in [-0.2, -0.15) is 0 Å². The van der Waals surface area contributed by atoms with Crippen LogP contribution in [0, 0.1) is 5.92 Å². The normalized spacial score (nSPS) is 18.6. The summed E-state index contributed by atoms with van der Waals surface area (Å²) >= 11 is 0. The lowest BCUT2D eigenvalue weighted by Gasteiger charge is -2.26. The quantitative estimate of drug-likeness (QED) is 0.703. The molecule has 6 nitrogen and oxygen atoms in total. The fourth-order valence-corrected chi connectivity index (χ4v) is 2.17. The van der Waals surface area contributed by atoms with Gasteiger partial charge >= 0.3 is 5.97 Å². The van der Waals surface area contributed by atoms with Crippen molar-refractivity contribution in [1.82, 2.24) is 15.1 Å². The molecule has 0 aromatic heterocycles. The number of aliphatic carboxylic acids is 1. The Balaban J connectivity index is 2.46. The van der Waals surface area contributed by atoms with E-state index >= 15 is 0 Å². The van der Waals surface area contributed by atoms with E-state index in [0.717, 1.165) is 32.6 Å². The van der Waals surface area contributed by atoms with Gasteiger partial charge in [0.25, 0.3) is 0 Å². The zero-order valence-electron chi connectivity index (χ0n) is 11.9. The number of carbonyl (C=O) groups is 2. The first-order valence-corrected chi connectivity index (χ1v) is 6.98. The van der Waals surface area contributed by atoms with Crippen LogP contribution in [0.15, 0.2) is 0 Å². The molecule has 1 atom stereocenters. The van der Waals surface area contributed by atoms with E-state index in [1.54, 1.807) is 11.8 Å². The molecule has 0 spiro atoms. The van der Waals surface area contributed by atoms with Crippen molar-refractivity contribution in [3.05, 3.63) is 0 Å². The SMILES string of the molecule is CCN(CC(C)C(=O)O)C(=O)CN1CCCNCC1. The van der Waals surface area contributed by atoms with Gasteiger partial charge in [-0.15, -0.1) is 0 Å². The van der Waals surface area contributed by atoms with Gasteiger partial charge in [0.2, 0.25) is 5.91 Å². The second kappa shape index (κ2) is 8.12. The number of hydrogen-bond acceptors (Lipinski definition) is 4. The first-order valence-electron chi connectivity index (χ1n) is 6.98. The van der Waals surface area contributed by atoms with Crippen molar-refractivity contribution in [2.75, 3.05) is 45.8 Å². The van der Waals surface area contributed by atoms with Crippen LogP contribution in [-0.2, 0) is 9.59 Å². The van der Waals surface area contributed by atoms with Crippen molar-refractivity contribution in [2.24, 2.45) is 5.92 Å². The molecule has 0 radical (unpaired) electrons. The molecule has 6 heteroatoms. The molecule has 1 fully saturated rings. The third-order valence-corrected chi connectivity index (χ3v) is 3.44. The number of nitrogens with zero attached hydrogens (tertiary/aromatic N) is 2. The molecule has 1 unspecified atom stereocenters. The van der Waals surface area contributed by atoms with E-state index in [1.165, 1.54) is 0 Å². The predicted octanol–water partition coefficient (Wildman–Crippen LogP) is -0.149. The van der Waals surface area contributed by atoms with Crippen molar-refractivity contribution in [1.29, 1.82) is 0 Å². The minimum atomic E-state index is -0.856. The minimum absolute atomic E-state index is 0.0255. The summed E-state index contributed by atoms with van der Waals surface area (Å²) in [6.07, 6.45) is 1.05. The van der Waals surface area contributed by atoms with Crippen molar-refractivity contribution < 1.29 is 14.7 Å². The molecule has 2 N–H and O–H groups in total. The molecular formula is C13H25N3O3. The molecule has 1 amide bonds. The van der Waals surface area contributed by atoms with Crippen molar-refractivity contribution in [2.45, 2.75) is 20.3 Å². The van der Waals surface area contributed by atoms with Crippen LogP contribution in [0.5, 0.6) is 0 Å². The summed E-state index contributed by atoms with van der Waals surface area (Å²) in [4.78, 5) is 26.8. The maximum atomic E-state index is 12.2. The van der Waals surface area contributed by atoms with E-state index in [1.807, 2.05) is 6.92 Å². The highest BCUT2D eigenvalue weighted by Crippen LogP contribution is 2.03. The Morgan fingerprint density at radius 3 is 2.74 bits per heavy atom. The molecule has 0 bridgehead atoms. The molecule has 0 aliphatic carbocycles. The van der Waals surface area contributed by atoms with Crippen molar-refractivity contribution in [3.8, 4) is 0 Å². The van der Waals surface area contributed by atoms with Gasteiger partial charge < -0.3 is 15.3 Å². The Bertz CT molecular complexity index is 302. The number of amides is 1. The van der Waals surface area contributed by atoms with E-state index in [2.05, 4.69) is 10.2 Å². The third-order valence-electron chi connectivity index (χ3n) is 3.44. The lowest BCUT2D eigenvalue weighted by atomic mass is 10.1. The molecule has 0 saturated carbocycles. The Morgan fingerprint density at radius 2 is 2.11 bits per heavy atom. The maximum absolute atomic E-state index is 12.2. The number of rotatable bonds is 6. The Morgan fingerprint density at radius 1 is 1.37 bits per heavy atom. The second-order valence-electron chi connectivity index (χ2n) is 5.05. The van der Waals surface area contributed by atoms with E-state index in [9.17, 15) is 9.59 Å². The van der Waals surface area contributed by atoms with Crippen LogP contribution >= 0.6 is 0 Å². The van der Waals surface area contributed by atoms with Crippen LogP contribution < -0.4 is 5.32 Å². The average molecular weight is 271 g/mol. The van der Waals surface area contributed by atoms with Gasteiger partial charge in [0, 0.05) is 26.2 Å². The second-order valence-corrected chi connectivity index (χ2v) is 5.05. The molecule has 1 heterocycles. The topological polar surface area (TPSA) is 72.9 Å². The number of nitrogens with one attached hydrogen (secondary N) is 1. The molecule has 0 aromatic carbocycles. The van der Waals surface area contributed by atoms with Crippen LogP contribution in [0.3, 0.4) is 0 Å². The average Bonchev–Trinajstić information content (AvgIpc) is 2.63. The van der Waals surface area contributed by atoms with Crippen LogP contribution in [-0.4, -0.2) is 72.6 Å². The van der Waals surface area contributed by atoms with Crippen LogP contribution in [0.2, 0.25) is 0 Å². The molecule has 1 aliphatic rings. The molecule has 1 rings (SSSR count). The number of carboxylic acid groups (broad SMARTS) is 1. The fraction of sp³-hybridized carbons (Fsp3) is 0.846. The van der Waals surface area contributed by atoms with Crippen molar-refractivity contribution in [3.63, 3.8) is 0 Å². The lowest BCUT2D eigenvalue weighted by molar-refractivity contribution is -0.143. The first-order chi connectivity index (χ1) is 9.04. The van der Waals surface area contributed by atoms with Gasteiger partial charge in [0.1, 0.15) is 0 Å². The number of likely N-dealkylation sites (N-methyl/N-ethyl adjacent to an activating group) is 1. The Hall–Kier alpha value is -1.14. The van der Waals surface area contributed by atoms with Gasteiger partial charge in [0.05, 0.1) is 12.5 Å². The van der Waals surface area contributed by atoms with E-state index in [0.29, 0.717) is 13.1 Å². The van der Waals surface area contributed by atoms with Gasteiger partial charge in [0.15, 0.2) is 0 Å². The molecule has 110 valence electrons. The fourth-order valence-electron chi connectivity index (χ4n) is 2.17. The van der Waals surface area contributed by atoms with Crippen LogP contribution in [0.1, 0.15) is 20.3 Å². The molecule has 1 aliphatic heterocycles. The zero-order chi connectivity index (χ0) is 14.3. The summed E-state index contributed by atoms with van der Waals surface area (Å²) in [5.74, 6) is -1.35. The monoisotopic (exact) mass is 271 g/mol. The van der Waals surface area contributed by atoms with Crippen LogP contribution in [0.4, 0.5) is 0 Å². The Labute approximate surface area is 114 Å². The summed E-state index contributed by atoms with van der Waals surface area (Å²) in [7, 11) is 0. The largest absolute Gasteiger partial charge is 0.481 e. The maximum Gasteiger partial charge on any atom is 0.308 e. The Kier molecular flexibility index (Phi) is 6.80. The molecule has 0 aromatic rings. The number of hydrogen-bond donors (Lipinski definition) is 2. The van der Waals surface area contributed by atoms with Crippen molar-refractivity contribution >= 4 is 11.9 Å². The van der Waals surface area contributed by atoms with E-state index in [4.69, 9.17) is 5.11 Å². The molecular weight excluding hydrogens is 246 g/mol. The standard InChI is InChI=1S/C13H25N3O3/c1-3-16(9-11(2)13(18)19)12(17)10-15-7-4-5-14-6-8-15/h11,14H,3-10H2,1-2H3,(H,18,19). The smallest absolute Gasteiger partial charge is 0.308 e. The number of carbonyl (C=O) groups excluding carboxylic acids is 1. The predicted molar refractivity (Wildman–Crippen MR) is 73.0 cm³/mol. The third kappa shape index (κ3) is 5.57. The minimum Gasteiger partial charge on any atom is -0.481 e. The van der Waals surface area contributed by atoms with Gasteiger partial charge in [-0.25, -0.2) is 0 Å². The summed E-state index contributed by atoms with van der Waals surface area (Å²) in [5, 5.41) is 12.2. The van der Waals surface area contributed by atoms with Crippen LogP contribution in [0.25, 0.3) is 0 Å². The highest BCUT2D eigenvalue weighted by atomic mass is 16.4. The van der Waals surface area contributed by atoms with Gasteiger partial charge in [-0.3, -0.25) is 14.5 Å². The van der Waals surface area contributed by atoms with Gasteiger partial charge in [-0.05, 0) is 26.4 Å². The lowest BCUT2D eigenvalue weighted by Crippen LogP contribution is -2.43. The first kappa shape index (κ1) is 15.9. The summed E-state index contributed by atoms with van der Waals surface area (Å²) < 4.78 is 0. The highest BCUT2D eigenvalue weighted by molar-refractivity contribution is 5.79. The summed E-state index contributed by atoms with van der Waals surface area (Å²) in [6.45, 7) is 8.46.